The van der Waals surface area contributed by atoms with Crippen molar-refractivity contribution in [2.45, 2.75) is 6.92 Å². The Balaban J connectivity index is 1.76. The number of ether oxygens (including phenoxy) is 4. The van der Waals surface area contributed by atoms with E-state index >= 15 is 0 Å². The summed E-state index contributed by atoms with van der Waals surface area (Å²) in [5, 5.41) is 1.96. The van der Waals surface area contributed by atoms with Crippen LogP contribution in [0.25, 0.3) is 16.8 Å². The van der Waals surface area contributed by atoms with Crippen molar-refractivity contribution in [1.29, 1.82) is 0 Å². The molecule has 0 radical (unpaired) electrons. The van der Waals surface area contributed by atoms with Crippen molar-refractivity contribution in [3.05, 3.63) is 71.4 Å². The fraction of sp³-hybridized carbons (Fsp3) is 0.125. The Bertz CT molecular complexity index is 1230. The number of hydrogen-bond donors (Lipinski definition) is 0. The first-order chi connectivity index (χ1) is 15.0. The van der Waals surface area contributed by atoms with E-state index in [1.165, 1.54) is 21.1 Å². The summed E-state index contributed by atoms with van der Waals surface area (Å²) in [7, 11) is 2.89. The maximum absolute atomic E-state index is 12.5. The highest BCUT2D eigenvalue weighted by molar-refractivity contribution is 6.17. The van der Waals surface area contributed by atoms with Crippen molar-refractivity contribution in [2.75, 3.05) is 14.2 Å². The summed E-state index contributed by atoms with van der Waals surface area (Å²) in [4.78, 5) is 28.3. The minimum absolute atomic E-state index is 0.132. The van der Waals surface area contributed by atoms with Gasteiger partial charge in [0.05, 0.1) is 14.2 Å². The van der Waals surface area contributed by atoms with E-state index in [1.54, 1.807) is 18.2 Å². The summed E-state index contributed by atoms with van der Waals surface area (Å²) >= 11 is 0. The summed E-state index contributed by atoms with van der Waals surface area (Å²) in [6, 6.07) is 16.8. The number of carbonyl (C=O) groups is 2. The molecule has 4 rings (SSSR count). The molecule has 0 unspecified atom stereocenters. The topological polar surface area (TPSA) is 83.4 Å². The lowest BCUT2D eigenvalue weighted by atomic mass is 10.0. The Hall–Kier alpha value is -4.13. The Kier molecular flexibility index (Phi) is 5.41. The van der Waals surface area contributed by atoms with E-state index < -0.39 is 11.9 Å². The monoisotopic (exact) mass is 417 g/mol. The molecule has 7 nitrogen and oxygen atoms in total. The molecule has 0 bridgehead atoms. The van der Waals surface area contributed by atoms with Gasteiger partial charge in [-0.3, -0.25) is 4.79 Å². The fourth-order valence-electron chi connectivity index (χ4n) is 3.32. The van der Waals surface area contributed by atoms with Crippen LogP contribution >= 0.6 is 0 Å². The van der Waals surface area contributed by atoms with Crippen LogP contribution in [0.1, 0.15) is 18.1 Å². The molecule has 0 spiro atoms. The lowest BCUT2D eigenvalue weighted by molar-refractivity contribution is -0.132. The van der Waals surface area contributed by atoms with Gasteiger partial charge in [-0.1, -0.05) is 36.4 Å². The molecule has 1 heterocycles. The number of nitrogens with zero attached hydrogens (tertiary/aromatic N) is 1. The number of fused-ring (bicyclic) bond motifs is 1. The van der Waals surface area contributed by atoms with Crippen molar-refractivity contribution in [3.63, 3.8) is 0 Å². The third-order valence-electron chi connectivity index (χ3n) is 4.67. The second-order valence-corrected chi connectivity index (χ2v) is 6.71. The molecular weight excluding hydrogens is 398 g/mol. The maximum Gasteiger partial charge on any atom is 0.363 e. The zero-order chi connectivity index (χ0) is 22.0. The second-order valence-electron chi connectivity index (χ2n) is 6.71. The number of benzene rings is 3. The molecule has 3 aromatic carbocycles. The first-order valence-electron chi connectivity index (χ1n) is 9.45. The smallest absolute Gasteiger partial charge is 0.363 e. The van der Waals surface area contributed by atoms with Crippen LogP contribution in [0.15, 0.2) is 65.3 Å². The molecule has 156 valence electrons. The lowest BCUT2D eigenvalue weighted by Gasteiger charge is -2.13. The van der Waals surface area contributed by atoms with Crippen molar-refractivity contribution >= 4 is 34.7 Å². The van der Waals surface area contributed by atoms with Crippen LogP contribution in [0.2, 0.25) is 0 Å². The molecule has 0 fully saturated rings. The average molecular weight is 417 g/mol. The number of aliphatic imine (C=N–C) groups is 1. The number of esters is 2. The van der Waals surface area contributed by atoms with Crippen molar-refractivity contribution in [1.82, 2.24) is 0 Å². The molecule has 0 N–H and O–H groups in total. The second kappa shape index (κ2) is 8.31. The van der Waals surface area contributed by atoms with Crippen LogP contribution < -0.4 is 14.2 Å². The third-order valence-corrected chi connectivity index (χ3v) is 4.67. The number of carbonyl (C=O) groups excluding carboxylic acids is 2. The Morgan fingerprint density at radius 2 is 1.68 bits per heavy atom. The molecule has 3 aromatic rings. The molecule has 0 amide bonds. The van der Waals surface area contributed by atoms with Gasteiger partial charge in [0.1, 0.15) is 0 Å². The molecule has 1 aliphatic rings. The highest BCUT2D eigenvalue weighted by Crippen LogP contribution is 2.39. The van der Waals surface area contributed by atoms with E-state index in [4.69, 9.17) is 18.9 Å². The van der Waals surface area contributed by atoms with E-state index in [-0.39, 0.29) is 28.8 Å². The van der Waals surface area contributed by atoms with Crippen LogP contribution in [-0.2, 0) is 14.3 Å². The van der Waals surface area contributed by atoms with E-state index in [9.17, 15) is 9.59 Å². The van der Waals surface area contributed by atoms with Gasteiger partial charge in [0.2, 0.25) is 11.6 Å². The molecule has 7 heteroatoms. The summed E-state index contributed by atoms with van der Waals surface area (Å²) in [6.07, 6.45) is 1.56. The van der Waals surface area contributed by atoms with Crippen LogP contribution in [0.4, 0.5) is 0 Å². The number of methoxy groups -OCH3 is 2. The van der Waals surface area contributed by atoms with Gasteiger partial charge in [-0.05, 0) is 40.6 Å². The number of cyclic esters (lactones) is 1. The minimum Gasteiger partial charge on any atom is -0.493 e. The zero-order valence-electron chi connectivity index (χ0n) is 17.2. The van der Waals surface area contributed by atoms with Gasteiger partial charge >= 0.3 is 11.9 Å². The van der Waals surface area contributed by atoms with Crippen molar-refractivity contribution in [3.8, 4) is 17.2 Å². The van der Waals surface area contributed by atoms with E-state index in [0.717, 1.165) is 16.3 Å². The summed E-state index contributed by atoms with van der Waals surface area (Å²) < 4.78 is 21.3. The molecule has 0 saturated heterocycles. The lowest BCUT2D eigenvalue weighted by Crippen LogP contribution is -2.06. The predicted octanol–water partition coefficient (Wildman–Crippen LogP) is 4.13. The Labute approximate surface area is 178 Å². The quantitative estimate of drug-likeness (QED) is 0.353. The molecule has 0 aliphatic carbocycles. The molecule has 0 atom stereocenters. The molecule has 0 aromatic heterocycles. The summed E-state index contributed by atoms with van der Waals surface area (Å²) in [5.74, 6) is -0.106. The zero-order valence-corrected chi connectivity index (χ0v) is 17.2. The fourth-order valence-corrected chi connectivity index (χ4v) is 3.32. The summed E-state index contributed by atoms with van der Waals surface area (Å²) in [6.45, 7) is 1.28. The molecule has 31 heavy (non-hydrogen) atoms. The van der Waals surface area contributed by atoms with Crippen LogP contribution in [0, 0.1) is 0 Å². The normalized spacial score (nSPS) is 14.4. The van der Waals surface area contributed by atoms with Crippen LogP contribution in [-0.4, -0.2) is 32.1 Å². The van der Waals surface area contributed by atoms with Gasteiger partial charge in [-0.15, -0.1) is 0 Å². The van der Waals surface area contributed by atoms with Gasteiger partial charge in [0.25, 0.3) is 0 Å². The van der Waals surface area contributed by atoms with E-state index in [0.29, 0.717) is 5.56 Å². The predicted molar refractivity (Wildman–Crippen MR) is 115 cm³/mol. The molecular formula is C24H19NO6. The van der Waals surface area contributed by atoms with Crippen LogP contribution in [0.5, 0.6) is 17.2 Å². The maximum atomic E-state index is 12.5. The van der Waals surface area contributed by atoms with Gasteiger partial charge < -0.3 is 18.9 Å². The molecule has 0 saturated carbocycles. The van der Waals surface area contributed by atoms with E-state index in [1.807, 2.05) is 42.5 Å². The SMILES string of the molecule is COc1cc(/C=C2/N=C(c3cccc4ccccc34)OC2=O)cc(OC)c1OC(C)=O. The first kappa shape index (κ1) is 20.2. The van der Waals surface area contributed by atoms with Gasteiger partial charge in [-0.25, -0.2) is 9.79 Å². The van der Waals surface area contributed by atoms with Crippen molar-refractivity contribution in [2.24, 2.45) is 4.99 Å². The third kappa shape index (κ3) is 3.98. The standard InChI is InChI=1S/C24H19NO6/c1-14(26)30-22-20(28-2)12-15(13-21(22)29-3)11-19-24(27)31-23(25-19)18-10-6-8-16-7-4-5-9-17(16)18/h4-13H,1-3H3/b19-11+. The van der Waals surface area contributed by atoms with Crippen LogP contribution in [0.3, 0.4) is 0 Å². The van der Waals surface area contributed by atoms with Gasteiger partial charge in [0.15, 0.2) is 17.2 Å². The summed E-state index contributed by atoms with van der Waals surface area (Å²) in [5.41, 5.74) is 1.43. The Morgan fingerprint density at radius 3 is 2.35 bits per heavy atom. The largest absolute Gasteiger partial charge is 0.493 e. The number of hydrogen-bond acceptors (Lipinski definition) is 7. The average Bonchev–Trinajstić information content (AvgIpc) is 3.13. The first-order valence-corrected chi connectivity index (χ1v) is 9.45. The minimum atomic E-state index is -0.565. The Morgan fingerprint density at radius 1 is 1.00 bits per heavy atom. The van der Waals surface area contributed by atoms with E-state index in [2.05, 4.69) is 4.99 Å². The highest BCUT2D eigenvalue weighted by atomic mass is 16.6. The molecule has 1 aliphatic heterocycles. The number of rotatable bonds is 5. The highest BCUT2D eigenvalue weighted by Gasteiger charge is 2.26. The van der Waals surface area contributed by atoms with Gasteiger partial charge in [0, 0.05) is 12.5 Å². The van der Waals surface area contributed by atoms with Gasteiger partial charge in [-0.2, -0.15) is 0 Å². The van der Waals surface area contributed by atoms with Crippen molar-refractivity contribution < 1.29 is 28.5 Å².